The van der Waals surface area contributed by atoms with Crippen molar-refractivity contribution in [3.05, 3.63) is 81.0 Å². The molecule has 1 heterocycles. The maximum Gasteiger partial charge on any atom is 0.231 e. The third-order valence-corrected chi connectivity index (χ3v) is 5.16. The van der Waals surface area contributed by atoms with Crippen LogP contribution in [-0.2, 0) is 13.2 Å². The Morgan fingerprint density at radius 1 is 1.07 bits per heavy atom. The molecular formula is C21H16BrClFNO3. The number of fused-ring (bicyclic) bond motifs is 1. The maximum atomic E-state index is 14.0. The average Bonchev–Trinajstić information content (AvgIpc) is 3.15. The van der Waals surface area contributed by atoms with Crippen molar-refractivity contribution in [1.29, 1.82) is 0 Å². The summed E-state index contributed by atoms with van der Waals surface area (Å²) in [7, 11) is 0. The first-order valence-electron chi connectivity index (χ1n) is 8.58. The predicted octanol–water partition coefficient (Wildman–Crippen LogP) is 6.16. The highest BCUT2D eigenvalue weighted by Gasteiger charge is 2.14. The van der Waals surface area contributed by atoms with E-state index in [9.17, 15) is 4.39 Å². The van der Waals surface area contributed by atoms with Gasteiger partial charge < -0.3 is 19.5 Å². The molecule has 3 aromatic carbocycles. The summed E-state index contributed by atoms with van der Waals surface area (Å²) in [5.41, 5.74) is 2.15. The van der Waals surface area contributed by atoms with E-state index in [-0.39, 0.29) is 19.2 Å². The predicted molar refractivity (Wildman–Crippen MR) is 110 cm³/mol. The van der Waals surface area contributed by atoms with Gasteiger partial charge in [0, 0.05) is 33.9 Å². The molecule has 1 aliphatic heterocycles. The lowest BCUT2D eigenvalue weighted by Crippen LogP contribution is -2.05. The van der Waals surface area contributed by atoms with Gasteiger partial charge in [-0.1, -0.05) is 33.6 Å². The average molecular weight is 465 g/mol. The van der Waals surface area contributed by atoms with Crippen LogP contribution in [0.15, 0.2) is 59.1 Å². The fourth-order valence-corrected chi connectivity index (χ4v) is 3.48. The van der Waals surface area contributed by atoms with Gasteiger partial charge in [0.05, 0.1) is 5.02 Å². The van der Waals surface area contributed by atoms with E-state index in [0.717, 1.165) is 21.5 Å². The molecule has 4 rings (SSSR count). The summed E-state index contributed by atoms with van der Waals surface area (Å²) in [6.07, 6.45) is 0. The summed E-state index contributed by atoms with van der Waals surface area (Å²) in [5, 5.41) is 3.69. The van der Waals surface area contributed by atoms with Crippen molar-refractivity contribution in [2.45, 2.75) is 13.2 Å². The summed E-state index contributed by atoms with van der Waals surface area (Å²) < 4.78 is 31.5. The van der Waals surface area contributed by atoms with E-state index in [1.165, 1.54) is 6.07 Å². The monoisotopic (exact) mass is 463 g/mol. The van der Waals surface area contributed by atoms with Gasteiger partial charge in [0.2, 0.25) is 6.79 Å². The summed E-state index contributed by atoms with van der Waals surface area (Å²) in [6.45, 7) is 0.796. The van der Waals surface area contributed by atoms with Crippen LogP contribution in [0.2, 0.25) is 5.02 Å². The summed E-state index contributed by atoms with van der Waals surface area (Å²) in [5.74, 6) is 1.71. The van der Waals surface area contributed by atoms with Crippen LogP contribution < -0.4 is 19.5 Å². The summed E-state index contributed by atoms with van der Waals surface area (Å²) in [6, 6.07) is 15.9. The maximum absolute atomic E-state index is 14.0. The van der Waals surface area contributed by atoms with Crippen molar-refractivity contribution in [2.75, 3.05) is 12.1 Å². The summed E-state index contributed by atoms with van der Waals surface area (Å²) in [4.78, 5) is 0. The Balaban J connectivity index is 1.49. The van der Waals surface area contributed by atoms with Crippen LogP contribution in [0, 0.1) is 5.82 Å². The highest BCUT2D eigenvalue weighted by atomic mass is 79.9. The number of benzene rings is 3. The molecule has 7 heteroatoms. The van der Waals surface area contributed by atoms with E-state index >= 15 is 0 Å². The van der Waals surface area contributed by atoms with Crippen LogP contribution in [0.25, 0.3) is 0 Å². The number of anilines is 1. The SMILES string of the molecule is Fc1cccc(Cl)c1COc1ccc(Br)cc1CNc1ccc2c(c1)OCO2. The van der Waals surface area contributed by atoms with E-state index in [0.29, 0.717) is 28.6 Å². The Labute approximate surface area is 175 Å². The topological polar surface area (TPSA) is 39.7 Å². The van der Waals surface area contributed by atoms with Crippen LogP contribution in [0.5, 0.6) is 17.2 Å². The van der Waals surface area contributed by atoms with E-state index in [4.69, 9.17) is 25.8 Å². The van der Waals surface area contributed by atoms with Gasteiger partial charge >= 0.3 is 0 Å². The summed E-state index contributed by atoms with van der Waals surface area (Å²) >= 11 is 9.57. The van der Waals surface area contributed by atoms with Crippen LogP contribution in [-0.4, -0.2) is 6.79 Å². The fraction of sp³-hybridized carbons (Fsp3) is 0.143. The quantitative estimate of drug-likeness (QED) is 0.474. The molecular weight excluding hydrogens is 449 g/mol. The molecule has 4 nitrogen and oxygen atoms in total. The zero-order valence-corrected chi connectivity index (χ0v) is 17.0. The first-order chi connectivity index (χ1) is 13.6. The standard InChI is InChI=1S/C21H16BrClFNO3/c22-14-4-6-19(26-11-16-17(23)2-1-3-18(16)24)13(8-14)10-25-15-5-7-20-21(9-15)28-12-27-20/h1-9,25H,10-12H2. The Bertz CT molecular complexity index is 995. The second kappa shape index (κ2) is 8.29. The molecule has 0 unspecified atom stereocenters. The minimum atomic E-state index is -0.385. The minimum Gasteiger partial charge on any atom is -0.488 e. The normalized spacial score (nSPS) is 12.1. The molecule has 3 aromatic rings. The number of hydrogen-bond donors (Lipinski definition) is 1. The van der Waals surface area contributed by atoms with Gasteiger partial charge in [0.25, 0.3) is 0 Å². The molecule has 0 aromatic heterocycles. The lowest BCUT2D eigenvalue weighted by atomic mass is 10.2. The van der Waals surface area contributed by atoms with E-state index in [1.54, 1.807) is 12.1 Å². The number of ether oxygens (including phenoxy) is 3. The van der Waals surface area contributed by atoms with E-state index in [1.807, 2.05) is 36.4 Å². The highest BCUT2D eigenvalue weighted by molar-refractivity contribution is 9.10. The Kier molecular flexibility index (Phi) is 5.59. The van der Waals surface area contributed by atoms with Crippen LogP contribution in [0.4, 0.5) is 10.1 Å². The molecule has 1 aliphatic rings. The van der Waals surface area contributed by atoms with Gasteiger partial charge in [-0.25, -0.2) is 4.39 Å². The van der Waals surface area contributed by atoms with Gasteiger partial charge in [-0.3, -0.25) is 0 Å². The van der Waals surface area contributed by atoms with Gasteiger partial charge in [0.15, 0.2) is 11.5 Å². The highest BCUT2D eigenvalue weighted by Crippen LogP contribution is 2.35. The zero-order valence-electron chi connectivity index (χ0n) is 14.7. The minimum absolute atomic E-state index is 0.0458. The van der Waals surface area contributed by atoms with Crippen LogP contribution >= 0.6 is 27.5 Å². The number of nitrogens with one attached hydrogen (secondary N) is 1. The van der Waals surface area contributed by atoms with Crippen LogP contribution in [0.3, 0.4) is 0 Å². The Hall–Kier alpha value is -2.44. The van der Waals surface area contributed by atoms with Crippen molar-refractivity contribution < 1.29 is 18.6 Å². The first kappa shape index (κ1) is 18.9. The molecule has 0 saturated heterocycles. The van der Waals surface area contributed by atoms with E-state index < -0.39 is 0 Å². The van der Waals surface area contributed by atoms with Crippen molar-refractivity contribution in [2.24, 2.45) is 0 Å². The lowest BCUT2D eigenvalue weighted by molar-refractivity contribution is 0.174. The molecule has 0 spiro atoms. The molecule has 144 valence electrons. The third-order valence-electron chi connectivity index (χ3n) is 4.31. The van der Waals surface area contributed by atoms with Crippen molar-refractivity contribution in [3.8, 4) is 17.2 Å². The van der Waals surface area contributed by atoms with E-state index in [2.05, 4.69) is 21.2 Å². The van der Waals surface area contributed by atoms with Gasteiger partial charge in [-0.2, -0.15) is 0 Å². The second-order valence-electron chi connectivity index (χ2n) is 6.16. The van der Waals surface area contributed by atoms with Crippen LogP contribution in [0.1, 0.15) is 11.1 Å². The molecule has 0 amide bonds. The number of hydrogen-bond acceptors (Lipinski definition) is 4. The molecule has 28 heavy (non-hydrogen) atoms. The molecule has 1 N–H and O–H groups in total. The second-order valence-corrected chi connectivity index (χ2v) is 7.49. The third kappa shape index (κ3) is 4.18. The van der Waals surface area contributed by atoms with Crippen molar-refractivity contribution >= 4 is 33.2 Å². The Morgan fingerprint density at radius 3 is 2.79 bits per heavy atom. The zero-order chi connectivity index (χ0) is 19.5. The number of rotatable bonds is 6. The van der Waals surface area contributed by atoms with Gasteiger partial charge in [-0.05, 0) is 42.5 Å². The smallest absolute Gasteiger partial charge is 0.231 e. The lowest BCUT2D eigenvalue weighted by Gasteiger charge is -2.14. The molecule has 0 bridgehead atoms. The molecule has 0 fully saturated rings. The molecule has 0 aliphatic carbocycles. The van der Waals surface area contributed by atoms with Gasteiger partial charge in [-0.15, -0.1) is 0 Å². The van der Waals surface area contributed by atoms with Crippen molar-refractivity contribution in [3.63, 3.8) is 0 Å². The molecule has 0 saturated carbocycles. The van der Waals surface area contributed by atoms with Gasteiger partial charge in [0.1, 0.15) is 18.2 Å². The Morgan fingerprint density at radius 2 is 1.93 bits per heavy atom. The number of halogens is 3. The first-order valence-corrected chi connectivity index (χ1v) is 9.75. The molecule has 0 atom stereocenters. The van der Waals surface area contributed by atoms with Crippen molar-refractivity contribution in [1.82, 2.24) is 0 Å². The molecule has 0 radical (unpaired) electrons. The largest absolute Gasteiger partial charge is 0.488 e. The fourth-order valence-electron chi connectivity index (χ4n) is 2.85.